The van der Waals surface area contributed by atoms with Gasteiger partial charge in [-0.25, -0.2) is 4.98 Å². The van der Waals surface area contributed by atoms with Gasteiger partial charge in [0, 0.05) is 12.3 Å². The minimum absolute atomic E-state index is 0.196. The molecule has 22 heavy (non-hydrogen) atoms. The SMILES string of the molecule is Cc1ccccc1CN1CC2(CC2)Oc2ncccc2[S+]1[O-]. The molecule has 1 aromatic carbocycles. The fourth-order valence-corrected chi connectivity index (χ4v) is 4.16. The highest BCUT2D eigenvalue weighted by Crippen LogP contribution is 2.45. The van der Waals surface area contributed by atoms with Gasteiger partial charge in [0.25, 0.3) is 5.88 Å². The zero-order valence-corrected chi connectivity index (χ0v) is 13.3. The molecule has 0 amide bonds. The average molecular weight is 314 g/mol. The van der Waals surface area contributed by atoms with Crippen molar-refractivity contribution in [3.63, 3.8) is 0 Å². The summed E-state index contributed by atoms with van der Waals surface area (Å²) in [6.07, 6.45) is 3.71. The van der Waals surface area contributed by atoms with Crippen molar-refractivity contribution in [1.82, 2.24) is 9.29 Å². The van der Waals surface area contributed by atoms with E-state index in [2.05, 4.69) is 24.0 Å². The van der Waals surface area contributed by atoms with Crippen LogP contribution in [0, 0.1) is 6.92 Å². The summed E-state index contributed by atoms with van der Waals surface area (Å²) in [4.78, 5) is 4.96. The maximum Gasteiger partial charge on any atom is 0.273 e. The summed E-state index contributed by atoms with van der Waals surface area (Å²) in [6.45, 7) is 3.44. The number of aromatic nitrogens is 1. The third kappa shape index (κ3) is 2.49. The van der Waals surface area contributed by atoms with Crippen LogP contribution >= 0.6 is 0 Å². The molecule has 0 N–H and O–H groups in total. The van der Waals surface area contributed by atoms with Crippen LogP contribution in [0.15, 0.2) is 47.5 Å². The van der Waals surface area contributed by atoms with Crippen molar-refractivity contribution in [3.8, 4) is 5.88 Å². The fourth-order valence-electron chi connectivity index (χ4n) is 2.83. The van der Waals surface area contributed by atoms with Gasteiger partial charge in [-0.2, -0.15) is 0 Å². The van der Waals surface area contributed by atoms with Crippen LogP contribution in [0.25, 0.3) is 0 Å². The van der Waals surface area contributed by atoms with Crippen LogP contribution in [0.3, 0.4) is 0 Å². The lowest BCUT2D eigenvalue weighted by molar-refractivity contribution is 0.144. The molecule has 2 aliphatic rings. The molecule has 1 saturated carbocycles. The van der Waals surface area contributed by atoms with E-state index >= 15 is 0 Å². The predicted octanol–water partition coefficient (Wildman–Crippen LogP) is 2.84. The third-order valence-electron chi connectivity index (χ3n) is 4.35. The Kier molecular flexibility index (Phi) is 3.36. The Hall–Kier alpha value is -1.56. The van der Waals surface area contributed by atoms with Crippen LogP contribution in [0.5, 0.6) is 5.88 Å². The smallest absolute Gasteiger partial charge is 0.273 e. The predicted molar refractivity (Wildman–Crippen MR) is 84.8 cm³/mol. The second-order valence-electron chi connectivity index (χ2n) is 6.07. The highest BCUT2D eigenvalue weighted by atomic mass is 32.2. The summed E-state index contributed by atoms with van der Waals surface area (Å²) < 4.78 is 21.1. The maximum atomic E-state index is 13.0. The molecule has 0 radical (unpaired) electrons. The van der Waals surface area contributed by atoms with Gasteiger partial charge in [-0.3, -0.25) is 0 Å². The molecular formula is C17H18N2O2S. The molecule has 2 aromatic rings. The summed E-state index contributed by atoms with van der Waals surface area (Å²) in [6, 6.07) is 11.9. The number of nitrogens with zero attached hydrogens (tertiary/aromatic N) is 2. The Bertz CT molecular complexity index is 703. The first-order chi connectivity index (χ1) is 10.7. The van der Waals surface area contributed by atoms with E-state index in [1.807, 2.05) is 28.6 Å². The van der Waals surface area contributed by atoms with E-state index in [-0.39, 0.29) is 5.60 Å². The molecule has 0 bridgehead atoms. The molecule has 1 aliphatic carbocycles. The van der Waals surface area contributed by atoms with Gasteiger partial charge in [0.15, 0.2) is 0 Å². The van der Waals surface area contributed by atoms with E-state index in [0.29, 0.717) is 23.9 Å². The van der Waals surface area contributed by atoms with Gasteiger partial charge in [-0.05, 0) is 37.0 Å². The average Bonchev–Trinajstić information content (AvgIpc) is 3.29. The molecule has 1 atom stereocenters. The van der Waals surface area contributed by atoms with E-state index in [4.69, 9.17) is 4.74 Å². The highest BCUT2D eigenvalue weighted by Gasteiger charge is 2.52. The number of pyridine rings is 1. The standard InChI is InChI=1S/C17H18N2O2S/c1-13-5-2-3-6-14(13)11-19-12-17(8-9-17)21-16-15(22(19)20)7-4-10-18-16/h2-7,10H,8-9,11-12H2,1H3. The van der Waals surface area contributed by atoms with Crippen molar-refractivity contribution < 1.29 is 9.29 Å². The van der Waals surface area contributed by atoms with Crippen LogP contribution < -0.4 is 4.74 Å². The number of hydrogen-bond acceptors (Lipinski definition) is 4. The molecule has 2 heterocycles. The molecule has 1 fully saturated rings. The summed E-state index contributed by atoms with van der Waals surface area (Å²) in [7, 11) is 0. The van der Waals surface area contributed by atoms with Gasteiger partial charge in [0.05, 0.1) is 24.5 Å². The minimum atomic E-state index is -1.24. The summed E-state index contributed by atoms with van der Waals surface area (Å²) >= 11 is -1.24. The molecule has 1 aromatic heterocycles. The maximum absolute atomic E-state index is 13.0. The van der Waals surface area contributed by atoms with Crippen LogP contribution in [-0.4, -0.2) is 26.0 Å². The second-order valence-corrected chi connectivity index (χ2v) is 7.52. The van der Waals surface area contributed by atoms with E-state index < -0.39 is 11.4 Å². The molecule has 114 valence electrons. The topological polar surface area (TPSA) is 48.4 Å². The second kappa shape index (κ2) is 5.26. The van der Waals surface area contributed by atoms with Gasteiger partial charge in [-0.1, -0.05) is 24.3 Å². The number of ether oxygens (including phenoxy) is 1. The largest absolute Gasteiger partial charge is 0.593 e. The number of aryl methyl sites for hydroxylation is 1. The normalized spacial score (nSPS) is 22.7. The molecule has 1 spiro atoms. The van der Waals surface area contributed by atoms with E-state index in [1.54, 1.807) is 6.20 Å². The molecule has 5 heteroatoms. The number of benzene rings is 1. The van der Waals surface area contributed by atoms with Crippen molar-refractivity contribution in [1.29, 1.82) is 0 Å². The summed E-state index contributed by atoms with van der Waals surface area (Å²) in [5.74, 6) is 0.533. The Labute approximate surface area is 133 Å². The lowest BCUT2D eigenvalue weighted by Crippen LogP contribution is -2.38. The molecule has 1 unspecified atom stereocenters. The van der Waals surface area contributed by atoms with Crippen molar-refractivity contribution in [3.05, 3.63) is 53.7 Å². The van der Waals surface area contributed by atoms with Crippen molar-refractivity contribution in [2.75, 3.05) is 6.54 Å². The van der Waals surface area contributed by atoms with Crippen molar-refractivity contribution >= 4 is 11.4 Å². The first-order valence-electron chi connectivity index (χ1n) is 7.52. The Balaban J connectivity index is 1.69. The lowest BCUT2D eigenvalue weighted by Gasteiger charge is -2.24. The zero-order chi connectivity index (χ0) is 15.2. The first-order valence-corrected chi connectivity index (χ1v) is 8.63. The van der Waals surface area contributed by atoms with Gasteiger partial charge >= 0.3 is 0 Å². The van der Waals surface area contributed by atoms with Gasteiger partial charge in [-0.15, -0.1) is 4.31 Å². The fraction of sp³-hybridized carbons (Fsp3) is 0.353. The number of rotatable bonds is 2. The van der Waals surface area contributed by atoms with Gasteiger partial charge < -0.3 is 9.29 Å². The molecule has 4 rings (SSSR count). The van der Waals surface area contributed by atoms with Gasteiger partial charge in [0.2, 0.25) is 4.90 Å². The van der Waals surface area contributed by atoms with Crippen LogP contribution in [-0.2, 0) is 17.9 Å². The monoisotopic (exact) mass is 314 g/mol. The Morgan fingerprint density at radius 3 is 2.86 bits per heavy atom. The van der Waals surface area contributed by atoms with Gasteiger partial charge in [0.1, 0.15) is 5.60 Å². The molecule has 4 nitrogen and oxygen atoms in total. The first kappa shape index (κ1) is 14.1. The third-order valence-corrected chi connectivity index (χ3v) is 5.77. The van der Waals surface area contributed by atoms with E-state index in [9.17, 15) is 4.55 Å². The van der Waals surface area contributed by atoms with Crippen LogP contribution in [0.1, 0.15) is 24.0 Å². The summed E-state index contributed by atoms with van der Waals surface area (Å²) in [5.41, 5.74) is 2.23. The molecular weight excluding hydrogens is 296 g/mol. The lowest BCUT2D eigenvalue weighted by atomic mass is 10.1. The Morgan fingerprint density at radius 1 is 1.27 bits per heavy atom. The quantitative estimate of drug-likeness (QED) is 0.800. The minimum Gasteiger partial charge on any atom is -0.593 e. The van der Waals surface area contributed by atoms with E-state index in [0.717, 1.165) is 12.8 Å². The van der Waals surface area contributed by atoms with E-state index in [1.165, 1.54) is 11.1 Å². The molecule has 0 saturated heterocycles. The highest BCUT2D eigenvalue weighted by molar-refractivity contribution is 7.89. The van der Waals surface area contributed by atoms with Crippen LogP contribution in [0.2, 0.25) is 0 Å². The van der Waals surface area contributed by atoms with Crippen LogP contribution in [0.4, 0.5) is 0 Å². The number of hydrogen-bond donors (Lipinski definition) is 0. The summed E-state index contributed by atoms with van der Waals surface area (Å²) in [5, 5.41) is 0. The number of fused-ring (bicyclic) bond motifs is 1. The molecule has 1 aliphatic heterocycles. The van der Waals surface area contributed by atoms with Crippen molar-refractivity contribution in [2.45, 2.75) is 36.8 Å². The Morgan fingerprint density at radius 2 is 2.09 bits per heavy atom. The van der Waals surface area contributed by atoms with Crippen molar-refractivity contribution in [2.24, 2.45) is 0 Å². The zero-order valence-electron chi connectivity index (χ0n) is 12.5.